The predicted octanol–water partition coefficient (Wildman–Crippen LogP) is 4.94. The molecule has 0 atom stereocenters. The fourth-order valence-corrected chi connectivity index (χ4v) is 4.65. The molecule has 5 rings (SSSR count). The number of rotatable bonds is 4. The maximum atomic E-state index is 13.2. The maximum Gasteiger partial charge on any atom is 0.283 e. The quantitative estimate of drug-likeness (QED) is 0.531. The number of fused-ring (bicyclic) bond motifs is 1. The van der Waals surface area contributed by atoms with Crippen molar-refractivity contribution in [2.75, 3.05) is 16.8 Å². The Morgan fingerprint density at radius 1 is 0.886 bits per heavy atom. The summed E-state index contributed by atoms with van der Waals surface area (Å²) >= 11 is 6.29. The molecular formula is C28H24ClN3O3. The lowest BCUT2D eigenvalue weighted by molar-refractivity contribution is -0.120. The van der Waals surface area contributed by atoms with Gasteiger partial charge < -0.3 is 10.2 Å². The van der Waals surface area contributed by atoms with E-state index in [1.54, 1.807) is 36.4 Å². The number of aryl methyl sites for hydroxylation is 2. The zero-order chi connectivity index (χ0) is 24.7. The standard InChI is InChI=1S/C28H24ClN3O3/c1-17-10-11-23(14-18(17)2)32-27(34)24(29)25(28(32)35)30-22-9-5-8-20(15-22)26(33)31-13-12-19-6-3-4-7-21(19)16-31/h3-11,14-15,30H,12-13,16H2,1-2H3. The molecule has 0 unspecified atom stereocenters. The maximum absolute atomic E-state index is 13.2. The van der Waals surface area contributed by atoms with E-state index in [1.807, 2.05) is 43.0 Å². The fraction of sp³-hybridized carbons (Fsp3) is 0.179. The Morgan fingerprint density at radius 3 is 2.43 bits per heavy atom. The van der Waals surface area contributed by atoms with Gasteiger partial charge in [0.1, 0.15) is 10.7 Å². The Balaban J connectivity index is 1.35. The first-order valence-corrected chi connectivity index (χ1v) is 11.8. The Hall–Kier alpha value is -3.90. The Kier molecular flexibility index (Phi) is 5.91. The molecule has 6 nitrogen and oxygen atoms in total. The number of imide groups is 1. The average molecular weight is 486 g/mol. The van der Waals surface area contributed by atoms with Crippen LogP contribution in [0, 0.1) is 13.8 Å². The molecule has 0 bridgehead atoms. The second-order valence-electron chi connectivity index (χ2n) is 8.85. The van der Waals surface area contributed by atoms with Crippen LogP contribution in [0.4, 0.5) is 11.4 Å². The molecule has 2 heterocycles. The van der Waals surface area contributed by atoms with Crippen molar-refractivity contribution in [3.05, 3.63) is 105 Å². The first kappa shape index (κ1) is 22.9. The van der Waals surface area contributed by atoms with Gasteiger partial charge in [0.05, 0.1) is 5.69 Å². The number of anilines is 2. The van der Waals surface area contributed by atoms with E-state index in [0.29, 0.717) is 30.0 Å². The van der Waals surface area contributed by atoms with Crippen LogP contribution in [-0.4, -0.2) is 29.2 Å². The zero-order valence-electron chi connectivity index (χ0n) is 19.5. The molecule has 7 heteroatoms. The molecule has 3 aromatic carbocycles. The van der Waals surface area contributed by atoms with Crippen LogP contribution in [0.3, 0.4) is 0 Å². The van der Waals surface area contributed by atoms with Gasteiger partial charge in [0.25, 0.3) is 17.7 Å². The third-order valence-electron chi connectivity index (χ3n) is 6.57. The summed E-state index contributed by atoms with van der Waals surface area (Å²) in [4.78, 5) is 42.0. The molecule has 0 spiro atoms. The number of carbonyl (C=O) groups is 3. The molecule has 176 valence electrons. The molecule has 0 saturated heterocycles. The lowest BCUT2D eigenvalue weighted by atomic mass is 9.99. The smallest absolute Gasteiger partial charge is 0.283 e. The van der Waals surface area contributed by atoms with Crippen molar-refractivity contribution in [2.45, 2.75) is 26.8 Å². The molecule has 0 aromatic heterocycles. The molecule has 1 N–H and O–H groups in total. The second kappa shape index (κ2) is 9.04. The number of carbonyl (C=O) groups excluding carboxylic acids is 3. The van der Waals surface area contributed by atoms with Crippen LogP contribution >= 0.6 is 11.6 Å². The van der Waals surface area contributed by atoms with Gasteiger partial charge in [-0.05, 0) is 72.9 Å². The summed E-state index contributed by atoms with van der Waals surface area (Å²) in [6, 6.07) is 20.4. The van der Waals surface area contributed by atoms with Crippen LogP contribution in [0.15, 0.2) is 77.5 Å². The average Bonchev–Trinajstić information content (AvgIpc) is 3.08. The van der Waals surface area contributed by atoms with E-state index in [-0.39, 0.29) is 16.6 Å². The van der Waals surface area contributed by atoms with E-state index < -0.39 is 11.8 Å². The Bertz CT molecular complexity index is 1410. The monoisotopic (exact) mass is 485 g/mol. The van der Waals surface area contributed by atoms with Crippen LogP contribution < -0.4 is 10.2 Å². The highest BCUT2D eigenvalue weighted by Gasteiger charge is 2.39. The number of benzene rings is 3. The molecule has 3 amide bonds. The topological polar surface area (TPSA) is 69.7 Å². The minimum absolute atomic E-state index is 0.00797. The van der Waals surface area contributed by atoms with Crippen molar-refractivity contribution < 1.29 is 14.4 Å². The molecule has 2 aliphatic rings. The molecule has 3 aromatic rings. The molecule has 0 saturated carbocycles. The van der Waals surface area contributed by atoms with Gasteiger partial charge >= 0.3 is 0 Å². The summed E-state index contributed by atoms with van der Waals surface area (Å²) in [5.41, 5.74) is 5.90. The Labute approximate surface area is 208 Å². The summed E-state index contributed by atoms with van der Waals surface area (Å²) in [6.07, 6.45) is 0.813. The molecule has 0 aliphatic carbocycles. The SMILES string of the molecule is Cc1ccc(N2C(=O)C(Cl)=C(Nc3cccc(C(=O)N4CCc5ccccc5C4)c3)C2=O)cc1C. The minimum atomic E-state index is -0.582. The highest BCUT2D eigenvalue weighted by atomic mass is 35.5. The van der Waals surface area contributed by atoms with Crippen molar-refractivity contribution in [2.24, 2.45) is 0 Å². The van der Waals surface area contributed by atoms with Crippen molar-refractivity contribution in [3.63, 3.8) is 0 Å². The van der Waals surface area contributed by atoms with Gasteiger partial charge in [-0.3, -0.25) is 14.4 Å². The van der Waals surface area contributed by atoms with Crippen LogP contribution in [0.2, 0.25) is 0 Å². The lowest BCUT2D eigenvalue weighted by Gasteiger charge is -2.29. The van der Waals surface area contributed by atoms with Crippen molar-refractivity contribution in [1.29, 1.82) is 0 Å². The van der Waals surface area contributed by atoms with Gasteiger partial charge in [0.15, 0.2) is 0 Å². The van der Waals surface area contributed by atoms with E-state index >= 15 is 0 Å². The number of nitrogens with one attached hydrogen (secondary N) is 1. The first-order valence-electron chi connectivity index (χ1n) is 11.4. The van der Waals surface area contributed by atoms with Crippen LogP contribution in [0.1, 0.15) is 32.6 Å². The van der Waals surface area contributed by atoms with Crippen LogP contribution in [-0.2, 0) is 22.6 Å². The van der Waals surface area contributed by atoms with Gasteiger partial charge in [-0.1, -0.05) is 48.0 Å². The van der Waals surface area contributed by atoms with Crippen molar-refractivity contribution in [3.8, 4) is 0 Å². The zero-order valence-corrected chi connectivity index (χ0v) is 20.2. The summed E-state index contributed by atoms with van der Waals surface area (Å²) in [6.45, 7) is 5.08. The third kappa shape index (κ3) is 4.21. The lowest BCUT2D eigenvalue weighted by Crippen LogP contribution is -2.36. The van der Waals surface area contributed by atoms with Crippen LogP contribution in [0.5, 0.6) is 0 Å². The number of nitrogens with zero attached hydrogens (tertiary/aromatic N) is 2. The fourth-order valence-electron chi connectivity index (χ4n) is 4.44. The minimum Gasteiger partial charge on any atom is -0.350 e. The number of amides is 3. The van der Waals surface area contributed by atoms with E-state index in [9.17, 15) is 14.4 Å². The number of hydrogen-bond acceptors (Lipinski definition) is 4. The van der Waals surface area contributed by atoms with Crippen molar-refractivity contribution in [1.82, 2.24) is 4.90 Å². The molecule has 2 aliphatic heterocycles. The third-order valence-corrected chi connectivity index (χ3v) is 6.92. The molecule has 0 fully saturated rings. The summed E-state index contributed by atoms with van der Waals surface area (Å²) in [5.74, 6) is -1.21. The van der Waals surface area contributed by atoms with Gasteiger partial charge in [0.2, 0.25) is 0 Å². The number of hydrogen-bond donors (Lipinski definition) is 1. The van der Waals surface area contributed by atoms with E-state index in [2.05, 4.69) is 11.4 Å². The highest BCUT2D eigenvalue weighted by molar-refractivity contribution is 6.53. The van der Waals surface area contributed by atoms with Crippen molar-refractivity contribution >= 4 is 40.7 Å². The number of halogens is 1. The first-order chi connectivity index (χ1) is 16.8. The Morgan fingerprint density at radius 2 is 1.66 bits per heavy atom. The van der Waals surface area contributed by atoms with E-state index in [0.717, 1.165) is 28.0 Å². The largest absolute Gasteiger partial charge is 0.350 e. The summed E-state index contributed by atoms with van der Waals surface area (Å²) in [5, 5.41) is 2.79. The second-order valence-corrected chi connectivity index (χ2v) is 9.23. The van der Waals surface area contributed by atoms with E-state index in [1.165, 1.54) is 5.56 Å². The summed E-state index contributed by atoms with van der Waals surface area (Å²) in [7, 11) is 0. The molecule has 0 radical (unpaired) electrons. The highest BCUT2D eigenvalue weighted by Crippen LogP contribution is 2.31. The van der Waals surface area contributed by atoms with E-state index in [4.69, 9.17) is 11.6 Å². The van der Waals surface area contributed by atoms with Gasteiger partial charge in [0, 0.05) is 24.3 Å². The van der Waals surface area contributed by atoms with Crippen LogP contribution in [0.25, 0.3) is 0 Å². The normalized spacial score (nSPS) is 15.5. The van der Waals surface area contributed by atoms with Gasteiger partial charge in [-0.2, -0.15) is 0 Å². The predicted molar refractivity (Wildman–Crippen MR) is 136 cm³/mol. The molecular weight excluding hydrogens is 462 g/mol. The molecule has 35 heavy (non-hydrogen) atoms. The summed E-state index contributed by atoms with van der Waals surface area (Å²) < 4.78 is 0. The van der Waals surface area contributed by atoms with Gasteiger partial charge in [-0.25, -0.2) is 4.90 Å². The van der Waals surface area contributed by atoms with Gasteiger partial charge in [-0.15, -0.1) is 0 Å².